The van der Waals surface area contributed by atoms with E-state index >= 15 is 0 Å². The van der Waals surface area contributed by atoms with Crippen molar-refractivity contribution in [1.82, 2.24) is 10.2 Å². The van der Waals surface area contributed by atoms with Crippen molar-refractivity contribution in [1.29, 1.82) is 0 Å². The quantitative estimate of drug-likeness (QED) is 0.378. The van der Waals surface area contributed by atoms with Crippen LogP contribution in [0, 0.1) is 24.0 Å². The number of nitro groups is 1. The van der Waals surface area contributed by atoms with Crippen LogP contribution in [-0.2, 0) is 4.79 Å². The number of carbonyl (C=O) groups is 1. The number of aromatic nitrogens is 2. The van der Waals surface area contributed by atoms with Gasteiger partial charge in [0.25, 0.3) is 5.69 Å². The average Bonchev–Trinajstić information content (AvgIpc) is 2.67. The molecule has 1 N–H and O–H groups in total. The van der Waals surface area contributed by atoms with Gasteiger partial charge in [0.05, 0.1) is 16.4 Å². The Kier molecular flexibility index (Phi) is 6.00. The van der Waals surface area contributed by atoms with Gasteiger partial charge in [0.15, 0.2) is 0 Å². The molecule has 3 aromatic rings. The van der Waals surface area contributed by atoms with E-state index in [0.717, 1.165) is 16.8 Å². The lowest BCUT2D eigenvalue weighted by Crippen LogP contribution is -2.14. The van der Waals surface area contributed by atoms with Crippen molar-refractivity contribution in [3.8, 4) is 11.3 Å². The van der Waals surface area contributed by atoms with Gasteiger partial charge in [-0.15, -0.1) is 10.2 Å². The molecule has 0 fully saturated rings. The van der Waals surface area contributed by atoms with Gasteiger partial charge in [-0.2, -0.15) is 0 Å². The van der Waals surface area contributed by atoms with Crippen molar-refractivity contribution in [3.05, 3.63) is 75.8 Å². The fraction of sp³-hybridized carbons (Fsp3) is 0.150. The summed E-state index contributed by atoms with van der Waals surface area (Å²) in [5.74, 6) is -0.147. The molecule has 0 bridgehead atoms. The zero-order valence-electron chi connectivity index (χ0n) is 15.4. The summed E-state index contributed by atoms with van der Waals surface area (Å²) in [6, 6.07) is 15.7. The number of carbonyl (C=O) groups excluding carboxylic acids is 1. The molecule has 0 spiro atoms. The monoisotopic (exact) mass is 394 g/mol. The van der Waals surface area contributed by atoms with Gasteiger partial charge in [0.2, 0.25) is 5.91 Å². The molecular weight excluding hydrogens is 376 g/mol. The summed E-state index contributed by atoms with van der Waals surface area (Å²) < 4.78 is 0. The summed E-state index contributed by atoms with van der Waals surface area (Å²) >= 11 is 1.25. The number of nitrogens with zero attached hydrogens (tertiary/aromatic N) is 3. The highest BCUT2D eigenvalue weighted by Crippen LogP contribution is 2.24. The Morgan fingerprint density at radius 2 is 1.93 bits per heavy atom. The lowest BCUT2D eigenvalue weighted by molar-refractivity contribution is -0.384. The van der Waals surface area contributed by atoms with E-state index in [1.807, 2.05) is 38.1 Å². The van der Waals surface area contributed by atoms with Crippen LogP contribution in [0.3, 0.4) is 0 Å². The normalized spacial score (nSPS) is 10.5. The van der Waals surface area contributed by atoms with Gasteiger partial charge < -0.3 is 5.32 Å². The molecule has 1 amide bonds. The molecule has 0 aliphatic carbocycles. The van der Waals surface area contributed by atoms with Crippen LogP contribution >= 0.6 is 11.8 Å². The maximum atomic E-state index is 12.1. The Morgan fingerprint density at radius 1 is 1.11 bits per heavy atom. The number of hydrogen-bond acceptors (Lipinski definition) is 6. The molecule has 0 unspecified atom stereocenters. The highest BCUT2D eigenvalue weighted by Gasteiger charge is 2.10. The van der Waals surface area contributed by atoms with Crippen molar-refractivity contribution in [2.24, 2.45) is 0 Å². The lowest BCUT2D eigenvalue weighted by Gasteiger charge is -2.07. The van der Waals surface area contributed by atoms with Gasteiger partial charge in [-0.3, -0.25) is 14.9 Å². The number of amides is 1. The molecular formula is C20H18N4O3S. The standard InChI is InChI=1S/C20H18N4O3S/c1-13-6-7-17(14(2)10-13)18-8-9-20(23-22-18)28-12-19(25)21-15-4-3-5-16(11-15)24(26)27/h3-11H,12H2,1-2H3,(H,21,25). The van der Waals surface area contributed by atoms with E-state index in [0.29, 0.717) is 10.7 Å². The van der Waals surface area contributed by atoms with Crippen molar-refractivity contribution < 1.29 is 9.72 Å². The van der Waals surface area contributed by atoms with E-state index in [9.17, 15) is 14.9 Å². The second-order valence-electron chi connectivity index (χ2n) is 6.22. The number of hydrogen-bond donors (Lipinski definition) is 1. The van der Waals surface area contributed by atoms with Crippen LogP contribution in [0.15, 0.2) is 59.6 Å². The van der Waals surface area contributed by atoms with Gasteiger partial charge in [-0.05, 0) is 37.6 Å². The van der Waals surface area contributed by atoms with Gasteiger partial charge in [-0.25, -0.2) is 0 Å². The molecule has 0 aliphatic rings. The molecule has 3 rings (SSSR count). The fourth-order valence-corrected chi connectivity index (χ4v) is 3.29. The number of aryl methyl sites for hydroxylation is 2. The Morgan fingerprint density at radius 3 is 2.61 bits per heavy atom. The van der Waals surface area contributed by atoms with Crippen molar-refractivity contribution in [2.75, 3.05) is 11.1 Å². The molecule has 2 aromatic carbocycles. The highest BCUT2D eigenvalue weighted by molar-refractivity contribution is 7.99. The maximum Gasteiger partial charge on any atom is 0.271 e. The van der Waals surface area contributed by atoms with Gasteiger partial charge >= 0.3 is 0 Å². The van der Waals surface area contributed by atoms with E-state index in [1.165, 1.54) is 35.5 Å². The zero-order valence-corrected chi connectivity index (χ0v) is 16.2. The Labute approximate surface area is 166 Å². The summed E-state index contributed by atoms with van der Waals surface area (Å²) in [5, 5.41) is 22.5. The summed E-state index contributed by atoms with van der Waals surface area (Å²) in [6.07, 6.45) is 0. The second kappa shape index (κ2) is 8.62. The molecule has 142 valence electrons. The number of anilines is 1. The molecule has 8 heteroatoms. The number of non-ortho nitro benzene ring substituents is 1. The first-order valence-electron chi connectivity index (χ1n) is 8.51. The molecule has 0 aliphatic heterocycles. The van der Waals surface area contributed by atoms with Crippen LogP contribution in [0.1, 0.15) is 11.1 Å². The molecule has 0 saturated heterocycles. The third-order valence-electron chi connectivity index (χ3n) is 3.99. The first-order chi connectivity index (χ1) is 13.4. The SMILES string of the molecule is Cc1ccc(-c2ccc(SCC(=O)Nc3cccc([N+](=O)[O-])c3)nn2)c(C)c1. The highest BCUT2D eigenvalue weighted by atomic mass is 32.2. The first-order valence-corrected chi connectivity index (χ1v) is 9.49. The minimum absolute atomic E-state index is 0.0710. The predicted molar refractivity (Wildman–Crippen MR) is 109 cm³/mol. The summed E-state index contributed by atoms with van der Waals surface area (Å²) in [4.78, 5) is 22.4. The number of rotatable bonds is 6. The minimum atomic E-state index is -0.503. The third kappa shape index (κ3) is 4.92. The molecule has 0 radical (unpaired) electrons. The topological polar surface area (TPSA) is 98.0 Å². The maximum absolute atomic E-state index is 12.1. The van der Waals surface area contributed by atoms with E-state index < -0.39 is 4.92 Å². The first kappa shape index (κ1) is 19.5. The van der Waals surface area contributed by atoms with Gasteiger partial charge in [-0.1, -0.05) is 41.6 Å². The van der Waals surface area contributed by atoms with Gasteiger partial charge in [0, 0.05) is 23.4 Å². The van der Waals surface area contributed by atoms with Crippen LogP contribution in [-0.4, -0.2) is 26.8 Å². The molecule has 7 nitrogen and oxygen atoms in total. The van der Waals surface area contributed by atoms with E-state index in [2.05, 4.69) is 21.6 Å². The van der Waals surface area contributed by atoms with Gasteiger partial charge in [0.1, 0.15) is 5.03 Å². The second-order valence-corrected chi connectivity index (χ2v) is 7.22. The summed E-state index contributed by atoms with van der Waals surface area (Å²) in [6.45, 7) is 4.08. The van der Waals surface area contributed by atoms with Crippen molar-refractivity contribution in [2.45, 2.75) is 18.9 Å². The molecule has 28 heavy (non-hydrogen) atoms. The smallest absolute Gasteiger partial charge is 0.271 e. The number of nitro benzene ring substituents is 1. The Hall–Kier alpha value is -3.26. The minimum Gasteiger partial charge on any atom is -0.325 e. The van der Waals surface area contributed by atoms with Crippen LogP contribution in [0.2, 0.25) is 0 Å². The van der Waals surface area contributed by atoms with Crippen LogP contribution < -0.4 is 5.32 Å². The Balaban J connectivity index is 1.59. The third-order valence-corrected chi connectivity index (χ3v) is 4.91. The summed E-state index contributed by atoms with van der Waals surface area (Å²) in [7, 11) is 0. The molecule has 1 heterocycles. The number of nitrogens with one attached hydrogen (secondary N) is 1. The van der Waals surface area contributed by atoms with Crippen LogP contribution in [0.4, 0.5) is 11.4 Å². The molecule has 0 saturated carbocycles. The number of benzene rings is 2. The Bertz CT molecular complexity index is 1020. The average molecular weight is 394 g/mol. The largest absolute Gasteiger partial charge is 0.325 e. The van der Waals surface area contributed by atoms with Crippen LogP contribution in [0.25, 0.3) is 11.3 Å². The van der Waals surface area contributed by atoms with Crippen molar-refractivity contribution in [3.63, 3.8) is 0 Å². The summed E-state index contributed by atoms with van der Waals surface area (Å²) in [5.41, 5.74) is 4.44. The van der Waals surface area contributed by atoms with Crippen molar-refractivity contribution >= 4 is 29.0 Å². The molecule has 0 atom stereocenters. The predicted octanol–water partition coefficient (Wildman–Crippen LogP) is 4.40. The van der Waals surface area contributed by atoms with Crippen LogP contribution in [0.5, 0.6) is 0 Å². The lowest BCUT2D eigenvalue weighted by atomic mass is 10.0. The molecule has 1 aromatic heterocycles. The fourth-order valence-electron chi connectivity index (χ4n) is 2.68. The zero-order chi connectivity index (χ0) is 20.1. The van der Waals surface area contributed by atoms with E-state index in [1.54, 1.807) is 6.07 Å². The van der Waals surface area contributed by atoms with E-state index in [4.69, 9.17) is 0 Å². The van der Waals surface area contributed by atoms with E-state index in [-0.39, 0.29) is 17.3 Å². The number of thioether (sulfide) groups is 1.